The topological polar surface area (TPSA) is 58.6 Å². The smallest absolute Gasteiger partial charge is 0.225 e. The highest BCUT2D eigenvalue weighted by Gasteiger charge is 2.34. The van der Waals surface area contributed by atoms with Crippen LogP contribution in [0.1, 0.15) is 30.4 Å². The van der Waals surface area contributed by atoms with Crippen molar-refractivity contribution in [3.8, 4) is 0 Å². The summed E-state index contributed by atoms with van der Waals surface area (Å²) >= 11 is 0. The second-order valence-corrected chi connectivity index (χ2v) is 6.48. The number of carbonyl (C=O) groups is 2. The molecular weight excluding hydrogens is 292 g/mol. The van der Waals surface area contributed by atoms with Crippen molar-refractivity contribution < 1.29 is 14.3 Å². The number of benzene rings is 1. The Morgan fingerprint density at radius 1 is 1.39 bits per heavy atom. The molecule has 2 saturated heterocycles. The summed E-state index contributed by atoms with van der Waals surface area (Å²) in [4.78, 5) is 26.2. The molecule has 0 aliphatic carbocycles. The molecule has 124 valence electrons. The number of carbonyl (C=O) groups excluding carboxylic acids is 2. The molecule has 23 heavy (non-hydrogen) atoms. The van der Waals surface area contributed by atoms with Crippen LogP contribution in [-0.2, 0) is 20.9 Å². The van der Waals surface area contributed by atoms with Gasteiger partial charge in [-0.05, 0) is 30.9 Å². The Labute approximate surface area is 137 Å². The molecule has 0 saturated carbocycles. The molecule has 5 nitrogen and oxygen atoms in total. The summed E-state index contributed by atoms with van der Waals surface area (Å²) in [6.45, 7) is 4.47. The summed E-state index contributed by atoms with van der Waals surface area (Å²) in [6.07, 6.45) is 2.51. The van der Waals surface area contributed by atoms with Crippen LogP contribution in [0.5, 0.6) is 0 Å². The van der Waals surface area contributed by atoms with Gasteiger partial charge in [-0.25, -0.2) is 0 Å². The number of hydrogen-bond donors (Lipinski definition) is 1. The second-order valence-electron chi connectivity index (χ2n) is 6.48. The van der Waals surface area contributed by atoms with E-state index in [4.69, 9.17) is 4.74 Å². The van der Waals surface area contributed by atoms with E-state index in [1.54, 1.807) is 4.90 Å². The molecular formula is C18H24N2O3. The van der Waals surface area contributed by atoms with Crippen molar-refractivity contribution in [1.82, 2.24) is 10.2 Å². The maximum atomic E-state index is 12.3. The number of likely N-dealkylation sites (tertiary alicyclic amines) is 1. The number of nitrogens with one attached hydrogen (secondary N) is 1. The maximum Gasteiger partial charge on any atom is 0.225 e. The zero-order chi connectivity index (χ0) is 16.2. The van der Waals surface area contributed by atoms with Crippen molar-refractivity contribution in [3.05, 3.63) is 35.4 Å². The van der Waals surface area contributed by atoms with E-state index in [0.717, 1.165) is 25.0 Å². The van der Waals surface area contributed by atoms with Gasteiger partial charge in [0.2, 0.25) is 11.8 Å². The first-order valence-electron chi connectivity index (χ1n) is 8.35. The fourth-order valence-electron chi connectivity index (χ4n) is 3.26. The van der Waals surface area contributed by atoms with E-state index < -0.39 is 0 Å². The molecule has 2 fully saturated rings. The first-order chi connectivity index (χ1) is 11.1. The number of rotatable bonds is 5. The van der Waals surface area contributed by atoms with Gasteiger partial charge in [0.15, 0.2) is 0 Å². The van der Waals surface area contributed by atoms with E-state index in [-0.39, 0.29) is 23.8 Å². The predicted molar refractivity (Wildman–Crippen MR) is 86.7 cm³/mol. The lowest BCUT2D eigenvalue weighted by atomic mass is 10.1. The average molecular weight is 316 g/mol. The third-order valence-corrected chi connectivity index (χ3v) is 4.74. The minimum atomic E-state index is -0.243. The third-order valence-electron chi connectivity index (χ3n) is 4.74. The van der Waals surface area contributed by atoms with Crippen LogP contribution in [-0.4, -0.2) is 42.5 Å². The molecule has 0 bridgehead atoms. The fourth-order valence-corrected chi connectivity index (χ4v) is 3.26. The Hall–Kier alpha value is -1.88. The highest BCUT2D eigenvalue weighted by atomic mass is 16.5. The Bertz CT molecular complexity index is 581. The van der Waals surface area contributed by atoms with Crippen LogP contribution in [0.15, 0.2) is 24.3 Å². The minimum Gasteiger partial charge on any atom is -0.376 e. The van der Waals surface area contributed by atoms with E-state index in [9.17, 15) is 9.59 Å². The van der Waals surface area contributed by atoms with Crippen LogP contribution >= 0.6 is 0 Å². The third kappa shape index (κ3) is 3.91. The molecule has 1 aromatic carbocycles. The largest absolute Gasteiger partial charge is 0.376 e. The van der Waals surface area contributed by atoms with Gasteiger partial charge in [-0.1, -0.05) is 24.3 Å². The molecule has 0 aromatic heterocycles. The van der Waals surface area contributed by atoms with Crippen molar-refractivity contribution in [2.45, 2.75) is 38.8 Å². The second kappa shape index (κ2) is 7.13. The molecule has 1 N–H and O–H groups in total. The van der Waals surface area contributed by atoms with E-state index in [0.29, 0.717) is 26.1 Å². The molecule has 2 aliphatic rings. The highest BCUT2D eigenvalue weighted by molar-refractivity contribution is 5.89. The SMILES string of the molecule is Cc1ccccc1CN1CC(C(=O)NCC2CCCO2)CC1=O. The van der Waals surface area contributed by atoms with Crippen LogP contribution in [0.3, 0.4) is 0 Å². The fraction of sp³-hybridized carbons (Fsp3) is 0.556. The molecule has 2 amide bonds. The van der Waals surface area contributed by atoms with E-state index >= 15 is 0 Å². The Morgan fingerprint density at radius 3 is 2.96 bits per heavy atom. The van der Waals surface area contributed by atoms with Gasteiger partial charge in [0.25, 0.3) is 0 Å². The molecule has 2 unspecified atom stereocenters. The van der Waals surface area contributed by atoms with Crippen LogP contribution in [0.4, 0.5) is 0 Å². The molecule has 5 heteroatoms. The van der Waals surface area contributed by atoms with Gasteiger partial charge >= 0.3 is 0 Å². The first kappa shape index (κ1) is 16.0. The summed E-state index contributed by atoms with van der Waals surface area (Å²) in [7, 11) is 0. The number of aryl methyl sites for hydroxylation is 1. The Kier molecular flexibility index (Phi) is 4.96. The zero-order valence-corrected chi connectivity index (χ0v) is 13.6. The molecule has 2 heterocycles. The van der Waals surface area contributed by atoms with E-state index in [2.05, 4.69) is 5.32 Å². The van der Waals surface area contributed by atoms with Crippen LogP contribution in [0, 0.1) is 12.8 Å². The summed E-state index contributed by atoms with van der Waals surface area (Å²) in [6, 6.07) is 8.05. The highest BCUT2D eigenvalue weighted by Crippen LogP contribution is 2.22. The van der Waals surface area contributed by atoms with Crippen molar-refractivity contribution >= 4 is 11.8 Å². The predicted octanol–water partition coefficient (Wildman–Crippen LogP) is 1.64. The average Bonchev–Trinajstić information content (AvgIpc) is 3.18. The maximum absolute atomic E-state index is 12.3. The monoisotopic (exact) mass is 316 g/mol. The first-order valence-corrected chi connectivity index (χ1v) is 8.35. The minimum absolute atomic E-state index is 0.0267. The molecule has 3 rings (SSSR count). The lowest BCUT2D eigenvalue weighted by Crippen LogP contribution is -2.37. The van der Waals surface area contributed by atoms with Gasteiger partial charge in [0.1, 0.15) is 0 Å². The van der Waals surface area contributed by atoms with Crippen LogP contribution < -0.4 is 5.32 Å². The van der Waals surface area contributed by atoms with Gasteiger partial charge in [-0.15, -0.1) is 0 Å². The van der Waals surface area contributed by atoms with Crippen LogP contribution in [0.2, 0.25) is 0 Å². The molecule has 0 radical (unpaired) electrons. The quantitative estimate of drug-likeness (QED) is 0.898. The lowest BCUT2D eigenvalue weighted by Gasteiger charge is -2.18. The number of ether oxygens (including phenoxy) is 1. The summed E-state index contributed by atoms with van der Waals surface area (Å²) in [5.74, 6) is -0.209. The van der Waals surface area contributed by atoms with Gasteiger partial charge in [-0.3, -0.25) is 9.59 Å². The molecule has 1 aromatic rings. The standard InChI is InChI=1S/C18H24N2O3/c1-13-5-2-3-6-14(13)11-20-12-15(9-17(20)21)18(22)19-10-16-7-4-8-23-16/h2-3,5-6,15-16H,4,7-12H2,1H3,(H,19,22). The Balaban J connectivity index is 1.52. The molecule has 2 aliphatic heterocycles. The van der Waals surface area contributed by atoms with Gasteiger partial charge in [0.05, 0.1) is 12.0 Å². The molecule has 2 atom stereocenters. The number of nitrogens with zero attached hydrogens (tertiary/aromatic N) is 1. The Morgan fingerprint density at radius 2 is 2.22 bits per heavy atom. The van der Waals surface area contributed by atoms with E-state index in [1.165, 1.54) is 5.56 Å². The van der Waals surface area contributed by atoms with Crippen molar-refractivity contribution in [3.63, 3.8) is 0 Å². The summed E-state index contributed by atoms with van der Waals surface area (Å²) in [5, 5.41) is 2.94. The van der Waals surface area contributed by atoms with Gasteiger partial charge in [0, 0.05) is 32.7 Å². The van der Waals surface area contributed by atoms with Gasteiger partial charge in [-0.2, -0.15) is 0 Å². The van der Waals surface area contributed by atoms with Crippen molar-refractivity contribution in [2.75, 3.05) is 19.7 Å². The molecule has 0 spiro atoms. The number of hydrogen-bond acceptors (Lipinski definition) is 3. The van der Waals surface area contributed by atoms with E-state index in [1.807, 2.05) is 31.2 Å². The summed E-state index contributed by atoms with van der Waals surface area (Å²) in [5.41, 5.74) is 2.31. The van der Waals surface area contributed by atoms with Gasteiger partial charge < -0.3 is 15.0 Å². The number of amides is 2. The van der Waals surface area contributed by atoms with Crippen LogP contribution in [0.25, 0.3) is 0 Å². The van der Waals surface area contributed by atoms with Crippen molar-refractivity contribution in [1.29, 1.82) is 0 Å². The zero-order valence-electron chi connectivity index (χ0n) is 13.6. The lowest BCUT2D eigenvalue weighted by molar-refractivity contribution is -0.129. The summed E-state index contributed by atoms with van der Waals surface area (Å²) < 4.78 is 5.51. The normalized spacial score (nSPS) is 24.2. The van der Waals surface area contributed by atoms with Crippen molar-refractivity contribution in [2.24, 2.45) is 5.92 Å².